The molecule has 176 valence electrons. The minimum Gasteiger partial charge on any atom is -0.446 e. The molecule has 1 aliphatic carbocycles. The van der Waals surface area contributed by atoms with Crippen molar-refractivity contribution in [2.45, 2.75) is 118 Å². The second kappa shape index (κ2) is 10.9. The lowest BCUT2D eigenvalue weighted by atomic mass is 9.75. The van der Waals surface area contributed by atoms with E-state index in [1.165, 1.54) is 28.7 Å². The number of hydrogen-bond donors (Lipinski definition) is 1. The van der Waals surface area contributed by atoms with Crippen LogP contribution < -0.4 is 5.32 Å². The van der Waals surface area contributed by atoms with Crippen LogP contribution in [-0.2, 0) is 4.74 Å². The van der Waals surface area contributed by atoms with Crippen molar-refractivity contribution in [3.05, 3.63) is 34.4 Å². The van der Waals surface area contributed by atoms with Crippen molar-refractivity contribution in [2.75, 3.05) is 0 Å². The van der Waals surface area contributed by atoms with E-state index in [2.05, 4.69) is 86.7 Å². The van der Waals surface area contributed by atoms with Crippen LogP contribution in [0.15, 0.2) is 12.1 Å². The summed E-state index contributed by atoms with van der Waals surface area (Å²) in [5.74, 6) is 2.89. The summed E-state index contributed by atoms with van der Waals surface area (Å²) in [6.07, 6.45) is 3.11. The van der Waals surface area contributed by atoms with E-state index in [4.69, 9.17) is 4.74 Å². The number of nitrogens with one attached hydrogen (secondary N) is 1. The summed E-state index contributed by atoms with van der Waals surface area (Å²) in [7, 11) is 0. The lowest BCUT2D eigenvalue weighted by Crippen LogP contribution is -2.39. The molecule has 0 aromatic heterocycles. The van der Waals surface area contributed by atoms with Gasteiger partial charge in [-0.05, 0) is 77.5 Å². The SMILES string of the molecule is CC(C)c1cc(C(C)C)c([C@@H](C)NC(=O)O[C@@H]2C[C@H](C)CC[C@H]2C(C)C)c(C(C)C)c1. The first kappa shape index (κ1) is 25.7. The van der Waals surface area contributed by atoms with Crippen molar-refractivity contribution in [3.63, 3.8) is 0 Å². The maximum atomic E-state index is 13.0. The van der Waals surface area contributed by atoms with Gasteiger partial charge < -0.3 is 10.1 Å². The van der Waals surface area contributed by atoms with Crippen molar-refractivity contribution in [2.24, 2.45) is 17.8 Å². The van der Waals surface area contributed by atoms with Crippen LogP contribution in [-0.4, -0.2) is 12.2 Å². The molecule has 1 aromatic carbocycles. The zero-order valence-electron chi connectivity index (χ0n) is 21.7. The Hall–Kier alpha value is -1.51. The van der Waals surface area contributed by atoms with E-state index in [0.717, 1.165) is 12.8 Å². The number of ether oxygens (including phenoxy) is 1. The third-order valence-corrected chi connectivity index (χ3v) is 7.16. The van der Waals surface area contributed by atoms with E-state index >= 15 is 0 Å². The third-order valence-electron chi connectivity index (χ3n) is 7.16. The molecule has 0 aliphatic heterocycles. The van der Waals surface area contributed by atoms with Crippen molar-refractivity contribution in [1.82, 2.24) is 5.32 Å². The molecule has 0 radical (unpaired) electrons. The van der Waals surface area contributed by atoms with Crippen LogP contribution >= 0.6 is 0 Å². The molecule has 2 rings (SSSR count). The Balaban J connectivity index is 2.27. The highest BCUT2D eigenvalue weighted by atomic mass is 16.6. The second-order valence-corrected chi connectivity index (χ2v) is 11.2. The van der Waals surface area contributed by atoms with Gasteiger partial charge in [0.25, 0.3) is 0 Å². The van der Waals surface area contributed by atoms with Gasteiger partial charge in [0.15, 0.2) is 0 Å². The molecule has 4 atom stereocenters. The van der Waals surface area contributed by atoms with Gasteiger partial charge in [0, 0.05) is 0 Å². The van der Waals surface area contributed by atoms with Crippen LogP contribution in [0.25, 0.3) is 0 Å². The number of carbonyl (C=O) groups is 1. The predicted octanol–water partition coefficient (Wildman–Crippen LogP) is 8.30. The highest BCUT2D eigenvalue weighted by Gasteiger charge is 2.34. The Morgan fingerprint density at radius 1 is 0.903 bits per heavy atom. The van der Waals surface area contributed by atoms with Gasteiger partial charge >= 0.3 is 6.09 Å². The van der Waals surface area contributed by atoms with E-state index < -0.39 is 0 Å². The molecular weight excluding hydrogens is 382 g/mol. The molecule has 1 fully saturated rings. The lowest BCUT2D eigenvalue weighted by molar-refractivity contribution is 0.00513. The molecule has 0 saturated heterocycles. The fourth-order valence-corrected chi connectivity index (χ4v) is 5.18. The number of hydrogen-bond acceptors (Lipinski definition) is 2. The quantitative estimate of drug-likeness (QED) is 0.473. The highest BCUT2D eigenvalue weighted by Crippen LogP contribution is 2.37. The first-order valence-electron chi connectivity index (χ1n) is 12.6. The Kier molecular flexibility index (Phi) is 9.03. The molecule has 1 aliphatic rings. The van der Waals surface area contributed by atoms with Gasteiger partial charge in [-0.3, -0.25) is 0 Å². The zero-order chi connectivity index (χ0) is 23.5. The maximum absolute atomic E-state index is 13.0. The minimum atomic E-state index is -0.269. The van der Waals surface area contributed by atoms with E-state index in [9.17, 15) is 4.79 Å². The Morgan fingerprint density at radius 2 is 1.45 bits per heavy atom. The fraction of sp³-hybridized carbons (Fsp3) is 0.750. The molecule has 0 bridgehead atoms. The Bertz CT molecular complexity index is 706. The van der Waals surface area contributed by atoms with Gasteiger partial charge in [-0.2, -0.15) is 0 Å². The average molecular weight is 430 g/mol. The molecule has 3 nitrogen and oxygen atoms in total. The molecule has 0 unspecified atom stereocenters. The summed E-state index contributed by atoms with van der Waals surface area (Å²) in [4.78, 5) is 13.0. The summed E-state index contributed by atoms with van der Waals surface area (Å²) < 4.78 is 6.04. The molecule has 0 spiro atoms. The number of rotatable bonds is 7. The van der Waals surface area contributed by atoms with Gasteiger partial charge in [0.1, 0.15) is 6.10 Å². The molecule has 0 heterocycles. The molecule has 1 amide bonds. The molecule has 31 heavy (non-hydrogen) atoms. The summed E-state index contributed by atoms with van der Waals surface area (Å²) in [5.41, 5.74) is 5.33. The number of benzene rings is 1. The van der Waals surface area contributed by atoms with E-state index in [0.29, 0.717) is 35.5 Å². The van der Waals surface area contributed by atoms with Crippen LogP contribution in [0.2, 0.25) is 0 Å². The topological polar surface area (TPSA) is 38.3 Å². The minimum absolute atomic E-state index is 0.0217. The van der Waals surface area contributed by atoms with Gasteiger partial charge in [-0.1, -0.05) is 80.9 Å². The first-order valence-corrected chi connectivity index (χ1v) is 12.6. The van der Waals surface area contributed by atoms with Crippen LogP contribution in [0.5, 0.6) is 0 Å². The van der Waals surface area contributed by atoms with Gasteiger partial charge in [0.05, 0.1) is 6.04 Å². The first-order chi connectivity index (χ1) is 14.4. The number of alkyl carbamates (subject to hydrolysis) is 1. The second-order valence-electron chi connectivity index (χ2n) is 11.2. The molecule has 1 N–H and O–H groups in total. The Morgan fingerprint density at radius 3 is 1.90 bits per heavy atom. The fourth-order valence-electron chi connectivity index (χ4n) is 5.18. The van der Waals surface area contributed by atoms with Crippen molar-refractivity contribution >= 4 is 6.09 Å². The maximum Gasteiger partial charge on any atom is 0.407 e. The zero-order valence-corrected chi connectivity index (χ0v) is 21.7. The highest BCUT2D eigenvalue weighted by molar-refractivity contribution is 5.68. The molecule has 3 heteroatoms. The average Bonchev–Trinajstić information content (AvgIpc) is 2.66. The number of carbonyl (C=O) groups excluding carboxylic acids is 1. The van der Waals surface area contributed by atoms with E-state index in [1.54, 1.807) is 0 Å². The predicted molar refractivity (Wildman–Crippen MR) is 132 cm³/mol. The van der Waals surface area contributed by atoms with Crippen molar-refractivity contribution in [1.29, 1.82) is 0 Å². The molecule has 1 aromatic rings. The summed E-state index contributed by atoms with van der Waals surface area (Å²) in [6.45, 7) is 22.3. The normalized spacial score (nSPS) is 23.0. The van der Waals surface area contributed by atoms with E-state index in [-0.39, 0.29) is 18.2 Å². The van der Waals surface area contributed by atoms with Crippen LogP contribution in [0.1, 0.15) is 135 Å². The smallest absolute Gasteiger partial charge is 0.407 e. The summed E-state index contributed by atoms with van der Waals surface area (Å²) in [6, 6.07) is 4.61. The monoisotopic (exact) mass is 429 g/mol. The van der Waals surface area contributed by atoms with Crippen molar-refractivity contribution < 1.29 is 9.53 Å². The summed E-state index contributed by atoms with van der Waals surface area (Å²) >= 11 is 0. The van der Waals surface area contributed by atoms with E-state index in [1.807, 2.05) is 0 Å². The van der Waals surface area contributed by atoms with Gasteiger partial charge in [-0.25, -0.2) is 4.79 Å². The van der Waals surface area contributed by atoms with Crippen LogP contribution in [0.3, 0.4) is 0 Å². The van der Waals surface area contributed by atoms with Crippen LogP contribution in [0, 0.1) is 17.8 Å². The Labute approximate surface area is 191 Å². The van der Waals surface area contributed by atoms with Crippen molar-refractivity contribution in [3.8, 4) is 0 Å². The number of amides is 1. The standard InChI is InChI=1S/C28H47NO2/c1-16(2)22-14-24(18(5)6)27(25(15-22)19(7)8)21(10)29-28(30)31-26-13-20(9)11-12-23(26)17(3)4/h14-21,23,26H,11-13H2,1-10H3,(H,29,30)/t20-,21-,23+,26-/m1/s1. The molecular formula is C28H47NO2. The largest absolute Gasteiger partial charge is 0.446 e. The van der Waals surface area contributed by atoms with Crippen LogP contribution in [0.4, 0.5) is 4.79 Å². The summed E-state index contributed by atoms with van der Waals surface area (Å²) in [5, 5.41) is 3.20. The molecule has 1 saturated carbocycles. The van der Waals surface area contributed by atoms with Gasteiger partial charge in [0.2, 0.25) is 0 Å². The van der Waals surface area contributed by atoms with Gasteiger partial charge in [-0.15, -0.1) is 0 Å². The third kappa shape index (κ3) is 6.49. The lowest BCUT2D eigenvalue weighted by Gasteiger charge is -2.37.